The van der Waals surface area contributed by atoms with E-state index in [0.29, 0.717) is 35.1 Å². The van der Waals surface area contributed by atoms with Crippen molar-refractivity contribution in [2.75, 3.05) is 5.73 Å². The summed E-state index contributed by atoms with van der Waals surface area (Å²) in [6.07, 6.45) is 8.88. The summed E-state index contributed by atoms with van der Waals surface area (Å²) in [6.45, 7) is 0.429. The second-order valence-electron chi connectivity index (χ2n) is 6.73. The molecule has 5 aromatic rings. The lowest BCUT2D eigenvalue weighted by molar-refractivity contribution is 0.306. The number of anilines is 1. The summed E-state index contributed by atoms with van der Waals surface area (Å²) in [7, 11) is 0. The van der Waals surface area contributed by atoms with Crippen LogP contribution < -0.4 is 10.5 Å². The molecule has 0 aliphatic carbocycles. The Morgan fingerprint density at radius 2 is 1.70 bits per heavy atom. The third-order valence-electron chi connectivity index (χ3n) is 4.76. The van der Waals surface area contributed by atoms with Gasteiger partial charge in [0.05, 0.1) is 5.56 Å². The molecule has 5 rings (SSSR count). The van der Waals surface area contributed by atoms with Crippen molar-refractivity contribution in [2.24, 2.45) is 0 Å². The van der Waals surface area contributed by atoms with Crippen LogP contribution in [0.2, 0.25) is 0 Å². The van der Waals surface area contributed by atoms with Gasteiger partial charge in [-0.25, -0.2) is 9.50 Å². The lowest BCUT2D eigenvalue weighted by Gasteiger charge is -2.10. The van der Waals surface area contributed by atoms with Gasteiger partial charge in [0, 0.05) is 36.5 Å². The highest BCUT2D eigenvalue weighted by atomic mass is 16.5. The first-order valence-corrected chi connectivity index (χ1v) is 9.46. The molecule has 7 heteroatoms. The van der Waals surface area contributed by atoms with Crippen LogP contribution in [0.15, 0.2) is 85.6 Å². The van der Waals surface area contributed by atoms with Crippen LogP contribution in [0, 0.1) is 0 Å². The van der Waals surface area contributed by atoms with Gasteiger partial charge in [-0.05, 0) is 35.4 Å². The number of ether oxygens (including phenoxy) is 1. The van der Waals surface area contributed by atoms with Crippen LogP contribution in [0.4, 0.5) is 5.82 Å². The molecule has 0 bridgehead atoms. The fourth-order valence-electron chi connectivity index (χ4n) is 3.30. The van der Waals surface area contributed by atoms with Gasteiger partial charge < -0.3 is 10.5 Å². The van der Waals surface area contributed by atoms with Crippen molar-refractivity contribution >= 4 is 11.5 Å². The van der Waals surface area contributed by atoms with E-state index >= 15 is 0 Å². The summed E-state index contributed by atoms with van der Waals surface area (Å²) in [5, 5.41) is 4.46. The van der Waals surface area contributed by atoms with Crippen LogP contribution in [-0.2, 0) is 6.61 Å². The molecule has 0 spiro atoms. The van der Waals surface area contributed by atoms with Crippen molar-refractivity contribution in [3.8, 4) is 28.1 Å². The van der Waals surface area contributed by atoms with Crippen molar-refractivity contribution in [2.45, 2.75) is 6.61 Å². The van der Waals surface area contributed by atoms with E-state index in [1.165, 1.54) is 0 Å². The van der Waals surface area contributed by atoms with E-state index in [9.17, 15) is 0 Å². The normalized spacial score (nSPS) is 10.9. The van der Waals surface area contributed by atoms with E-state index in [1.54, 1.807) is 29.3 Å². The molecule has 4 heterocycles. The van der Waals surface area contributed by atoms with E-state index in [2.05, 4.69) is 20.1 Å². The zero-order chi connectivity index (χ0) is 20.3. The number of nitrogen functional groups attached to an aromatic ring is 1. The summed E-state index contributed by atoms with van der Waals surface area (Å²) in [5.74, 6) is 0.973. The zero-order valence-electron chi connectivity index (χ0n) is 16.0. The van der Waals surface area contributed by atoms with Crippen molar-refractivity contribution in [1.82, 2.24) is 24.6 Å². The fourth-order valence-corrected chi connectivity index (χ4v) is 3.30. The van der Waals surface area contributed by atoms with Gasteiger partial charge in [-0.15, -0.1) is 5.10 Å². The Morgan fingerprint density at radius 3 is 2.53 bits per heavy atom. The Balaban J connectivity index is 1.54. The maximum atomic E-state index is 6.27. The number of aromatic nitrogens is 5. The van der Waals surface area contributed by atoms with E-state index in [0.717, 1.165) is 16.7 Å². The molecular formula is C23H18N6O. The second kappa shape index (κ2) is 7.63. The fraction of sp³-hybridized carbons (Fsp3) is 0.0435. The number of benzene rings is 1. The third kappa shape index (κ3) is 3.33. The Kier molecular flexibility index (Phi) is 4.53. The van der Waals surface area contributed by atoms with Crippen LogP contribution in [0.1, 0.15) is 5.56 Å². The Hall–Kier alpha value is -4.26. The molecule has 0 saturated heterocycles. The number of nitrogens with zero attached hydrogens (tertiary/aromatic N) is 5. The van der Waals surface area contributed by atoms with Gasteiger partial charge in [0.15, 0.2) is 11.5 Å². The topological polar surface area (TPSA) is 91.2 Å². The predicted molar refractivity (Wildman–Crippen MR) is 115 cm³/mol. The van der Waals surface area contributed by atoms with E-state index in [-0.39, 0.29) is 0 Å². The van der Waals surface area contributed by atoms with Gasteiger partial charge in [-0.2, -0.15) is 0 Å². The Morgan fingerprint density at radius 1 is 0.867 bits per heavy atom. The molecule has 0 saturated carbocycles. The Labute approximate surface area is 172 Å². The molecule has 0 atom stereocenters. The van der Waals surface area contributed by atoms with Gasteiger partial charge in [-0.3, -0.25) is 9.97 Å². The lowest BCUT2D eigenvalue weighted by Crippen LogP contribution is -1.99. The molecule has 0 unspecified atom stereocenters. The zero-order valence-corrected chi connectivity index (χ0v) is 16.0. The molecule has 146 valence electrons. The van der Waals surface area contributed by atoms with Gasteiger partial charge in [0.2, 0.25) is 0 Å². The monoisotopic (exact) mass is 394 g/mol. The van der Waals surface area contributed by atoms with E-state index in [1.807, 2.05) is 60.8 Å². The number of hydrogen-bond acceptors (Lipinski definition) is 6. The highest BCUT2D eigenvalue weighted by Gasteiger charge is 2.19. The van der Waals surface area contributed by atoms with Gasteiger partial charge in [0.1, 0.15) is 18.1 Å². The molecule has 0 amide bonds. The summed E-state index contributed by atoms with van der Waals surface area (Å²) >= 11 is 0. The lowest BCUT2D eigenvalue weighted by atomic mass is 10.1. The standard InChI is InChI=1S/C23H18N6O/c24-22-20(21-19(7-4-10-26-21)30-15-16-5-2-1-3-6-16)23-27-13-18(14-29(23)28-22)17-8-11-25-12-9-17/h1-14H,15H2,(H2,24,28). The molecule has 1 aromatic carbocycles. The van der Waals surface area contributed by atoms with E-state index < -0.39 is 0 Å². The Bertz CT molecular complexity index is 1300. The van der Waals surface area contributed by atoms with Crippen molar-refractivity contribution in [1.29, 1.82) is 0 Å². The summed E-state index contributed by atoms with van der Waals surface area (Å²) in [4.78, 5) is 13.2. The summed E-state index contributed by atoms with van der Waals surface area (Å²) in [5.41, 5.74) is 11.1. The quantitative estimate of drug-likeness (QED) is 0.484. The second-order valence-corrected chi connectivity index (χ2v) is 6.73. The third-order valence-corrected chi connectivity index (χ3v) is 4.76. The summed E-state index contributed by atoms with van der Waals surface area (Å²) in [6, 6.07) is 17.5. The minimum atomic E-state index is 0.345. The molecule has 0 aliphatic rings. The van der Waals surface area contributed by atoms with Crippen molar-refractivity contribution < 1.29 is 4.74 Å². The first-order chi connectivity index (χ1) is 14.8. The average molecular weight is 394 g/mol. The van der Waals surface area contributed by atoms with Crippen molar-refractivity contribution in [3.05, 3.63) is 91.1 Å². The van der Waals surface area contributed by atoms with Crippen LogP contribution in [-0.4, -0.2) is 24.6 Å². The smallest absolute Gasteiger partial charge is 0.166 e. The SMILES string of the molecule is Nc1nn2cc(-c3ccncc3)cnc2c1-c1ncccc1OCc1ccccc1. The predicted octanol–water partition coefficient (Wildman–Crippen LogP) is 4.01. The van der Waals surface area contributed by atoms with Gasteiger partial charge in [-0.1, -0.05) is 30.3 Å². The molecule has 0 radical (unpaired) electrons. The summed E-state index contributed by atoms with van der Waals surface area (Å²) < 4.78 is 7.73. The molecule has 0 fully saturated rings. The van der Waals surface area contributed by atoms with Crippen LogP contribution in [0.25, 0.3) is 28.0 Å². The van der Waals surface area contributed by atoms with Gasteiger partial charge in [0.25, 0.3) is 0 Å². The molecular weight excluding hydrogens is 376 g/mol. The maximum absolute atomic E-state index is 6.27. The maximum Gasteiger partial charge on any atom is 0.166 e. The van der Waals surface area contributed by atoms with E-state index in [4.69, 9.17) is 10.5 Å². The molecule has 2 N–H and O–H groups in total. The first-order valence-electron chi connectivity index (χ1n) is 9.46. The number of rotatable bonds is 5. The number of hydrogen-bond donors (Lipinski definition) is 1. The number of nitrogens with two attached hydrogens (primary N) is 1. The average Bonchev–Trinajstić information content (AvgIpc) is 3.14. The van der Waals surface area contributed by atoms with Gasteiger partial charge >= 0.3 is 0 Å². The highest BCUT2D eigenvalue weighted by Crippen LogP contribution is 2.35. The molecule has 4 aromatic heterocycles. The number of fused-ring (bicyclic) bond motifs is 1. The minimum Gasteiger partial charge on any atom is -0.487 e. The molecule has 0 aliphatic heterocycles. The van der Waals surface area contributed by atoms with Crippen molar-refractivity contribution in [3.63, 3.8) is 0 Å². The number of pyridine rings is 2. The van der Waals surface area contributed by atoms with Crippen LogP contribution in [0.3, 0.4) is 0 Å². The molecule has 7 nitrogen and oxygen atoms in total. The minimum absolute atomic E-state index is 0.345. The largest absolute Gasteiger partial charge is 0.487 e. The highest BCUT2D eigenvalue weighted by molar-refractivity contribution is 5.87. The first kappa shape index (κ1) is 17.8. The van der Waals surface area contributed by atoms with Crippen LogP contribution in [0.5, 0.6) is 5.75 Å². The van der Waals surface area contributed by atoms with Crippen LogP contribution >= 0.6 is 0 Å². The molecule has 30 heavy (non-hydrogen) atoms.